The second kappa shape index (κ2) is 6.11. The number of halogens is 3. The number of rotatable bonds is 4. The van der Waals surface area contributed by atoms with E-state index in [2.05, 4.69) is 0 Å². The van der Waals surface area contributed by atoms with Gasteiger partial charge in [-0.25, -0.2) is 9.18 Å². The zero-order valence-corrected chi connectivity index (χ0v) is 11.6. The molecule has 0 radical (unpaired) electrons. The molecular formula is C14H9Cl2FO3. The molecule has 0 saturated heterocycles. The third kappa shape index (κ3) is 3.03. The van der Waals surface area contributed by atoms with Crippen molar-refractivity contribution >= 4 is 29.2 Å². The summed E-state index contributed by atoms with van der Waals surface area (Å²) in [5.74, 6) is -1.65. The lowest BCUT2D eigenvalue weighted by Gasteiger charge is -2.11. The lowest BCUT2D eigenvalue weighted by atomic mass is 10.2. The van der Waals surface area contributed by atoms with Crippen molar-refractivity contribution in [1.29, 1.82) is 0 Å². The Hall–Kier alpha value is -1.78. The van der Waals surface area contributed by atoms with E-state index >= 15 is 0 Å². The summed E-state index contributed by atoms with van der Waals surface area (Å²) in [6.07, 6.45) is 0. The van der Waals surface area contributed by atoms with Crippen molar-refractivity contribution < 1.29 is 19.0 Å². The van der Waals surface area contributed by atoms with Gasteiger partial charge in [0.15, 0.2) is 0 Å². The molecule has 0 aromatic heterocycles. The van der Waals surface area contributed by atoms with Gasteiger partial charge in [0, 0.05) is 5.56 Å². The summed E-state index contributed by atoms with van der Waals surface area (Å²) in [6, 6.07) is 8.81. The van der Waals surface area contributed by atoms with Crippen LogP contribution in [0.3, 0.4) is 0 Å². The summed E-state index contributed by atoms with van der Waals surface area (Å²) in [4.78, 5) is 11.1. The number of carboxylic acid groups (broad SMARTS) is 1. The van der Waals surface area contributed by atoms with Gasteiger partial charge in [0.2, 0.25) is 0 Å². The monoisotopic (exact) mass is 314 g/mol. The number of benzene rings is 2. The minimum atomic E-state index is -1.20. The highest BCUT2D eigenvalue weighted by Gasteiger charge is 2.16. The van der Waals surface area contributed by atoms with Gasteiger partial charge in [-0.1, -0.05) is 41.4 Å². The van der Waals surface area contributed by atoms with Crippen molar-refractivity contribution in [1.82, 2.24) is 0 Å². The van der Waals surface area contributed by atoms with Gasteiger partial charge in [-0.2, -0.15) is 0 Å². The van der Waals surface area contributed by atoms with Crippen LogP contribution in [0, 0.1) is 5.82 Å². The Morgan fingerprint density at radius 2 is 1.90 bits per heavy atom. The van der Waals surface area contributed by atoms with E-state index in [0.717, 1.165) is 0 Å². The van der Waals surface area contributed by atoms with Gasteiger partial charge >= 0.3 is 5.97 Å². The fraction of sp³-hybridized carbons (Fsp3) is 0.0714. The number of ether oxygens (including phenoxy) is 1. The predicted molar refractivity (Wildman–Crippen MR) is 74.2 cm³/mol. The van der Waals surface area contributed by atoms with Crippen LogP contribution in [0.2, 0.25) is 10.0 Å². The quantitative estimate of drug-likeness (QED) is 0.909. The first-order valence-corrected chi connectivity index (χ1v) is 6.33. The van der Waals surface area contributed by atoms with Gasteiger partial charge in [-0.15, -0.1) is 0 Å². The van der Waals surface area contributed by atoms with Crippen LogP contribution in [0.5, 0.6) is 5.75 Å². The first-order valence-electron chi connectivity index (χ1n) is 5.58. The highest BCUT2D eigenvalue weighted by Crippen LogP contribution is 2.28. The van der Waals surface area contributed by atoms with E-state index in [1.165, 1.54) is 24.3 Å². The first-order chi connectivity index (χ1) is 9.50. The maximum absolute atomic E-state index is 13.3. The molecule has 1 N–H and O–H groups in total. The van der Waals surface area contributed by atoms with E-state index in [1.807, 2.05) is 0 Å². The molecule has 0 bridgehead atoms. The van der Waals surface area contributed by atoms with Gasteiger partial charge in [0.05, 0.1) is 10.0 Å². The Labute approximate surface area is 124 Å². The van der Waals surface area contributed by atoms with Crippen molar-refractivity contribution in [2.24, 2.45) is 0 Å². The topological polar surface area (TPSA) is 46.5 Å². The molecular weight excluding hydrogens is 306 g/mol. The van der Waals surface area contributed by atoms with Crippen molar-refractivity contribution in [3.8, 4) is 5.75 Å². The second-order valence-electron chi connectivity index (χ2n) is 3.92. The van der Waals surface area contributed by atoms with Crippen LogP contribution >= 0.6 is 23.2 Å². The van der Waals surface area contributed by atoms with Gasteiger partial charge in [0.25, 0.3) is 0 Å². The fourth-order valence-corrected chi connectivity index (χ4v) is 2.07. The number of hydrogen-bond donors (Lipinski definition) is 1. The number of carboxylic acids is 1. The van der Waals surface area contributed by atoms with Gasteiger partial charge in [-0.05, 0) is 18.2 Å². The SMILES string of the molecule is O=C(O)c1c(Cl)cccc1OCc1cccc(F)c1Cl. The Bertz CT molecular complexity index is 659. The van der Waals surface area contributed by atoms with Crippen molar-refractivity contribution in [3.63, 3.8) is 0 Å². The van der Waals surface area contributed by atoms with Gasteiger partial charge < -0.3 is 9.84 Å². The minimum Gasteiger partial charge on any atom is -0.488 e. The molecule has 2 rings (SSSR count). The van der Waals surface area contributed by atoms with Crippen LogP contribution in [0.1, 0.15) is 15.9 Å². The molecule has 0 atom stereocenters. The maximum Gasteiger partial charge on any atom is 0.341 e. The molecule has 0 saturated carbocycles. The molecule has 0 amide bonds. The molecule has 104 valence electrons. The normalized spacial score (nSPS) is 10.3. The van der Waals surface area contributed by atoms with Crippen LogP contribution in [-0.4, -0.2) is 11.1 Å². The second-order valence-corrected chi connectivity index (χ2v) is 4.70. The van der Waals surface area contributed by atoms with Crippen LogP contribution in [-0.2, 0) is 6.61 Å². The molecule has 0 spiro atoms. The van der Waals surface area contributed by atoms with Crippen LogP contribution < -0.4 is 4.74 Å². The molecule has 0 aliphatic heterocycles. The number of carbonyl (C=O) groups is 1. The van der Waals surface area contributed by atoms with E-state index in [1.54, 1.807) is 12.1 Å². The number of aromatic carboxylic acids is 1. The average Bonchev–Trinajstić information content (AvgIpc) is 2.40. The summed E-state index contributed by atoms with van der Waals surface area (Å²) in [7, 11) is 0. The molecule has 0 unspecified atom stereocenters. The molecule has 20 heavy (non-hydrogen) atoms. The standard InChI is InChI=1S/C14H9Cl2FO3/c15-9-4-2-6-11(12(9)14(18)19)20-7-8-3-1-5-10(17)13(8)16/h1-6H,7H2,(H,18,19). The Morgan fingerprint density at radius 1 is 1.20 bits per heavy atom. The maximum atomic E-state index is 13.3. The molecule has 2 aromatic rings. The minimum absolute atomic E-state index is 0.0496. The average molecular weight is 315 g/mol. The highest BCUT2D eigenvalue weighted by molar-refractivity contribution is 6.34. The summed E-state index contributed by atoms with van der Waals surface area (Å²) >= 11 is 11.6. The van der Waals surface area contributed by atoms with Gasteiger partial charge in [-0.3, -0.25) is 0 Å². The smallest absolute Gasteiger partial charge is 0.341 e. The van der Waals surface area contributed by atoms with E-state index in [-0.39, 0.29) is 28.0 Å². The van der Waals surface area contributed by atoms with Gasteiger partial charge in [0.1, 0.15) is 23.7 Å². The molecule has 0 heterocycles. The van der Waals surface area contributed by atoms with E-state index in [0.29, 0.717) is 5.56 Å². The number of hydrogen-bond acceptors (Lipinski definition) is 2. The van der Waals surface area contributed by atoms with E-state index in [4.69, 9.17) is 33.0 Å². The largest absolute Gasteiger partial charge is 0.488 e. The lowest BCUT2D eigenvalue weighted by molar-refractivity contribution is 0.0692. The summed E-state index contributed by atoms with van der Waals surface area (Å²) < 4.78 is 18.7. The molecule has 6 heteroatoms. The summed E-state index contributed by atoms with van der Waals surface area (Å²) in [6.45, 7) is -0.0583. The zero-order chi connectivity index (χ0) is 14.7. The Morgan fingerprint density at radius 3 is 2.60 bits per heavy atom. The van der Waals surface area contributed by atoms with E-state index < -0.39 is 11.8 Å². The molecule has 3 nitrogen and oxygen atoms in total. The Kier molecular flexibility index (Phi) is 4.47. The lowest BCUT2D eigenvalue weighted by Crippen LogP contribution is -2.04. The van der Waals surface area contributed by atoms with Crippen LogP contribution in [0.25, 0.3) is 0 Å². The first kappa shape index (κ1) is 14.6. The predicted octanol–water partition coefficient (Wildman–Crippen LogP) is 4.41. The summed E-state index contributed by atoms with van der Waals surface area (Å²) in [5, 5.41) is 9.11. The van der Waals surface area contributed by atoms with Crippen molar-refractivity contribution in [3.05, 3.63) is 63.4 Å². The summed E-state index contributed by atoms with van der Waals surface area (Å²) in [5.41, 5.74) is 0.282. The van der Waals surface area contributed by atoms with E-state index in [9.17, 15) is 9.18 Å². The van der Waals surface area contributed by atoms with Crippen LogP contribution in [0.15, 0.2) is 36.4 Å². The third-order valence-electron chi connectivity index (χ3n) is 2.60. The van der Waals surface area contributed by atoms with Crippen molar-refractivity contribution in [2.75, 3.05) is 0 Å². The highest BCUT2D eigenvalue weighted by atomic mass is 35.5. The van der Waals surface area contributed by atoms with Crippen LogP contribution in [0.4, 0.5) is 4.39 Å². The Balaban J connectivity index is 2.26. The van der Waals surface area contributed by atoms with Crippen molar-refractivity contribution in [2.45, 2.75) is 6.61 Å². The fourth-order valence-electron chi connectivity index (χ4n) is 1.65. The molecule has 2 aromatic carbocycles. The zero-order valence-electron chi connectivity index (χ0n) is 10.1. The molecule has 0 fully saturated rings. The molecule has 0 aliphatic carbocycles. The molecule has 0 aliphatic rings. The third-order valence-corrected chi connectivity index (χ3v) is 3.34.